The van der Waals surface area contributed by atoms with Crippen LogP contribution < -0.4 is 24.4 Å². The van der Waals surface area contributed by atoms with Gasteiger partial charge in [-0.05, 0) is 74.8 Å². The second-order valence-corrected chi connectivity index (χ2v) is 12.6. The summed E-state index contributed by atoms with van der Waals surface area (Å²) in [6, 6.07) is 27.8. The molecular weight excluding hydrogens is 654 g/mol. The summed E-state index contributed by atoms with van der Waals surface area (Å²) in [5.74, 6) is 1.10. The summed E-state index contributed by atoms with van der Waals surface area (Å²) in [6.07, 6.45) is 3.31. The molecule has 0 saturated carbocycles. The summed E-state index contributed by atoms with van der Waals surface area (Å²) in [7, 11) is 1.58. The number of aryl methyl sites for hydroxylation is 1. The Bertz CT molecular complexity index is 2190. The van der Waals surface area contributed by atoms with Crippen molar-refractivity contribution in [2.75, 3.05) is 7.11 Å². The number of methoxy groups -OCH3 is 1. The van der Waals surface area contributed by atoms with Gasteiger partial charge in [-0.15, -0.1) is 0 Å². The van der Waals surface area contributed by atoms with Crippen molar-refractivity contribution in [1.82, 2.24) is 4.57 Å². The van der Waals surface area contributed by atoms with Crippen LogP contribution in [0.5, 0.6) is 11.5 Å². The number of ether oxygens (including phenoxy) is 2. The van der Waals surface area contributed by atoms with Crippen LogP contribution >= 0.6 is 27.3 Å². The molecule has 10 heteroatoms. The number of nitro benzene ring substituents is 1. The van der Waals surface area contributed by atoms with Gasteiger partial charge in [0, 0.05) is 17.7 Å². The molecule has 7 rings (SSSR count). The number of allylic oxidation sites excluding steroid dienone is 1. The zero-order valence-electron chi connectivity index (χ0n) is 24.1. The molecule has 0 fully saturated rings. The van der Waals surface area contributed by atoms with E-state index in [-0.39, 0.29) is 11.2 Å². The molecule has 0 N–H and O–H groups in total. The van der Waals surface area contributed by atoms with Gasteiger partial charge in [-0.3, -0.25) is 19.5 Å². The molecule has 224 valence electrons. The van der Waals surface area contributed by atoms with Crippen molar-refractivity contribution in [3.05, 3.63) is 159 Å². The zero-order valence-corrected chi connectivity index (χ0v) is 26.5. The van der Waals surface area contributed by atoms with Crippen molar-refractivity contribution in [1.29, 1.82) is 0 Å². The molecule has 0 spiro atoms. The number of fused-ring (bicyclic) bond motifs is 3. The van der Waals surface area contributed by atoms with E-state index in [4.69, 9.17) is 14.5 Å². The molecule has 4 aromatic carbocycles. The number of nitrogens with zero attached hydrogens (tertiary/aromatic N) is 3. The number of aromatic nitrogens is 1. The topological polar surface area (TPSA) is 96.0 Å². The maximum absolute atomic E-state index is 14.2. The molecular formula is C35H26BrN3O5S. The van der Waals surface area contributed by atoms with Crippen LogP contribution in [0, 0.1) is 10.1 Å². The average Bonchev–Trinajstić information content (AvgIpc) is 3.37. The molecule has 1 atom stereocenters. The van der Waals surface area contributed by atoms with Crippen molar-refractivity contribution in [2.24, 2.45) is 4.99 Å². The third kappa shape index (κ3) is 5.40. The molecule has 0 bridgehead atoms. The first-order chi connectivity index (χ1) is 21.9. The molecule has 1 aromatic heterocycles. The van der Waals surface area contributed by atoms with E-state index in [0.717, 1.165) is 34.4 Å². The molecule has 0 amide bonds. The van der Waals surface area contributed by atoms with Gasteiger partial charge in [0.15, 0.2) is 16.3 Å². The molecule has 0 unspecified atom stereocenters. The second-order valence-electron chi connectivity index (χ2n) is 10.8. The van der Waals surface area contributed by atoms with Crippen LogP contribution in [0.2, 0.25) is 0 Å². The van der Waals surface area contributed by atoms with E-state index in [1.165, 1.54) is 23.0 Å². The Morgan fingerprint density at radius 3 is 2.64 bits per heavy atom. The van der Waals surface area contributed by atoms with Crippen LogP contribution in [0.3, 0.4) is 0 Å². The number of nitro groups is 1. The number of thiazole rings is 1. The van der Waals surface area contributed by atoms with Gasteiger partial charge in [0.2, 0.25) is 0 Å². The Balaban J connectivity index is 1.35. The fraction of sp³-hybridized carbons (Fsp3) is 0.143. The van der Waals surface area contributed by atoms with Crippen molar-refractivity contribution in [2.45, 2.75) is 25.5 Å². The summed E-state index contributed by atoms with van der Waals surface area (Å²) in [5, 5.41) is 11.7. The number of hydrogen-bond acceptors (Lipinski definition) is 7. The predicted octanol–water partition coefficient (Wildman–Crippen LogP) is 6.58. The van der Waals surface area contributed by atoms with Gasteiger partial charge >= 0.3 is 0 Å². The SMILES string of the molecule is COc1cc(/C=c2/sc3n(c2=O)[C@@H](c2cccc([N+](=O)[O-])c2)C2=C(N=3)c3ccccc3CC2)cc(Br)c1OCc1ccccc1. The van der Waals surface area contributed by atoms with E-state index in [9.17, 15) is 14.9 Å². The maximum atomic E-state index is 14.2. The Morgan fingerprint density at radius 1 is 1.04 bits per heavy atom. The van der Waals surface area contributed by atoms with Crippen LogP contribution in [0.15, 0.2) is 111 Å². The van der Waals surface area contributed by atoms with E-state index >= 15 is 0 Å². The zero-order chi connectivity index (χ0) is 31.1. The highest BCUT2D eigenvalue weighted by molar-refractivity contribution is 9.10. The highest BCUT2D eigenvalue weighted by atomic mass is 79.9. The highest BCUT2D eigenvalue weighted by Crippen LogP contribution is 2.42. The molecule has 2 heterocycles. The normalized spacial score (nSPS) is 15.5. The summed E-state index contributed by atoms with van der Waals surface area (Å²) >= 11 is 4.93. The average molecular weight is 681 g/mol. The van der Waals surface area contributed by atoms with Crippen LogP contribution in [0.25, 0.3) is 11.8 Å². The lowest BCUT2D eigenvalue weighted by Gasteiger charge is -2.30. The Hall–Kier alpha value is -4.80. The van der Waals surface area contributed by atoms with Crippen molar-refractivity contribution in [3.63, 3.8) is 0 Å². The monoisotopic (exact) mass is 679 g/mol. The van der Waals surface area contributed by atoms with E-state index in [0.29, 0.717) is 43.9 Å². The van der Waals surface area contributed by atoms with Gasteiger partial charge in [-0.25, -0.2) is 4.99 Å². The van der Waals surface area contributed by atoms with Crippen LogP contribution in [-0.2, 0) is 13.0 Å². The minimum absolute atomic E-state index is 0.0171. The fourth-order valence-corrected chi connectivity index (χ4v) is 7.55. The van der Waals surface area contributed by atoms with Crippen molar-refractivity contribution < 1.29 is 14.4 Å². The molecule has 1 aliphatic carbocycles. The predicted molar refractivity (Wildman–Crippen MR) is 177 cm³/mol. The van der Waals surface area contributed by atoms with Gasteiger partial charge < -0.3 is 9.47 Å². The molecule has 5 aromatic rings. The third-order valence-corrected chi connectivity index (χ3v) is 9.62. The largest absolute Gasteiger partial charge is 0.493 e. The first-order valence-electron chi connectivity index (χ1n) is 14.3. The minimum atomic E-state index is -0.512. The first kappa shape index (κ1) is 28.9. The molecule has 45 heavy (non-hydrogen) atoms. The molecule has 0 saturated heterocycles. The van der Waals surface area contributed by atoms with E-state index < -0.39 is 11.0 Å². The molecule has 0 radical (unpaired) electrons. The van der Waals surface area contributed by atoms with Crippen molar-refractivity contribution in [3.8, 4) is 11.5 Å². The maximum Gasteiger partial charge on any atom is 0.271 e. The number of halogens is 1. The Labute approximate surface area is 270 Å². The molecule has 1 aliphatic heterocycles. The summed E-state index contributed by atoms with van der Waals surface area (Å²) in [5.41, 5.74) is 6.29. The fourth-order valence-electron chi connectivity index (χ4n) is 5.98. The third-order valence-electron chi connectivity index (χ3n) is 8.05. The van der Waals surface area contributed by atoms with Gasteiger partial charge in [0.05, 0.1) is 32.8 Å². The van der Waals surface area contributed by atoms with Gasteiger partial charge in [-0.2, -0.15) is 0 Å². The van der Waals surface area contributed by atoms with Gasteiger partial charge in [0.1, 0.15) is 6.61 Å². The van der Waals surface area contributed by atoms with Gasteiger partial charge in [0.25, 0.3) is 11.2 Å². The lowest BCUT2D eigenvalue weighted by atomic mass is 9.83. The molecule has 2 aliphatic rings. The standard InChI is InChI=1S/C35H26BrN3O5S/c1-43-29-17-22(16-28(36)33(29)44-20-21-8-3-2-4-9-21)18-30-34(40)38-32(24-11-7-12-25(19-24)39(41)42)27-15-14-23-10-5-6-13-26(23)31(27)37-35(38)45-30/h2-13,16-19,32H,14-15,20H2,1H3/b30-18+/t32-/m0/s1. The number of rotatable bonds is 7. The van der Waals surface area contributed by atoms with Crippen LogP contribution in [0.4, 0.5) is 5.69 Å². The van der Waals surface area contributed by atoms with Crippen molar-refractivity contribution >= 4 is 44.7 Å². The molecule has 8 nitrogen and oxygen atoms in total. The van der Waals surface area contributed by atoms with Crippen LogP contribution in [0.1, 0.15) is 40.3 Å². The van der Waals surface area contributed by atoms with E-state index in [1.54, 1.807) is 23.8 Å². The summed E-state index contributed by atoms with van der Waals surface area (Å²) in [6.45, 7) is 0.374. The van der Waals surface area contributed by atoms with E-state index in [2.05, 4.69) is 28.1 Å². The highest BCUT2D eigenvalue weighted by Gasteiger charge is 2.33. The Kier molecular flexibility index (Phi) is 7.68. The lowest BCUT2D eigenvalue weighted by Crippen LogP contribution is -2.38. The van der Waals surface area contributed by atoms with Gasteiger partial charge in [-0.1, -0.05) is 78.1 Å². The first-order valence-corrected chi connectivity index (χ1v) is 15.9. The van der Waals surface area contributed by atoms with E-state index in [1.807, 2.05) is 66.7 Å². The summed E-state index contributed by atoms with van der Waals surface area (Å²) < 4.78 is 14.6. The quantitative estimate of drug-likeness (QED) is 0.143. The number of hydrogen-bond donors (Lipinski definition) is 0. The van der Waals surface area contributed by atoms with Crippen LogP contribution in [-0.4, -0.2) is 16.6 Å². The lowest BCUT2D eigenvalue weighted by molar-refractivity contribution is -0.384. The Morgan fingerprint density at radius 2 is 1.84 bits per heavy atom. The smallest absolute Gasteiger partial charge is 0.271 e. The summed E-state index contributed by atoms with van der Waals surface area (Å²) in [4.78, 5) is 31.0. The minimum Gasteiger partial charge on any atom is -0.493 e. The number of benzene rings is 4. The number of non-ortho nitro benzene ring substituents is 1. The second kappa shape index (κ2) is 11.9.